The molecule has 84 valence electrons. The van der Waals surface area contributed by atoms with Crippen molar-refractivity contribution in [2.75, 3.05) is 7.11 Å². The monoisotopic (exact) mass is 218 g/mol. The van der Waals surface area contributed by atoms with Crippen LogP contribution in [0.3, 0.4) is 0 Å². The van der Waals surface area contributed by atoms with Crippen LogP contribution in [0.2, 0.25) is 0 Å². The normalized spacial score (nSPS) is 16.1. The number of unbranched alkanes of at least 4 members (excludes halogenated alkanes) is 1. The summed E-state index contributed by atoms with van der Waals surface area (Å²) in [5.41, 5.74) is 1.53. The first-order valence-corrected chi connectivity index (χ1v) is 5.37. The van der Waals surface area contributed by atoms with E-state index in [1.54, 1.807) is 13.2 Å². The Morgan fingerprint density at radius 2 is 2.25 bits per heavy atom. The number of allylic oxidation sites excluding steroid dienone is 1. The molecule has 0 saturated carbocycles. The van der Waals surface area contributed by atoms with Crippen LogP contribution in [0.4, 0.5) is 0 Å². The van der Waals surface area contributed by atoms with Crippen LogP contribution in [0.25, 0.3) is 5.57 Å². The molecule has 0 fully saturated rings. The molecule has 0 spiro atoms. The molecule has 0 unspecified atom stereocenters. The lowest BCUT2D eigenvalue weighted by molar-refractivity contribution is -0.127. The van der Waals surface area contributed by atoms with E-state index in [0.29, 0.717) is 17.1 Å². The second-order valence-electron chi connectivity index (χ2n) is 3.66. The number of carbonyl (C=O) groups is 1. The Labute approximate surface area is 94.7 Å². The van der Waals surface area contributed by atoms with Gasteiger partial charge in [-0.15, -0.1) is 0 Å². The van der Waals surface area contributed by atoms with Crippen molar-refractivity contribution in [2.45, 2.75) is 19.8 Å². The first kappa shape index (κ1) is 10.7. The van der Waals surface area contributed by atoms with Crippen molar-refractivity contribution in [3.05, 3.63) is 29.8 Å². The maximum Gasteiger partial charge on any atom is 0.343 e. The van der Waals surface area contributed by atoms with Crippen LogP contribution >= 0.6 is 0 Å². The summed E-state index contributed by atoms with van der Waals surface area (Å²) in [4.78, 5) is 11.6. The third-order valence-corrected chi connectivity index (χ3v) is 2.54. The maximum atomic E-state index is 11.6. The smallest absolute Gasteiger partial charge is 0.343 e. The van der Waals surface area contributed by atoms with E-state index in [-0.39, 0.29) is 5.97 Å². The van der Waals surface area contributed by atoms with Gasteiger partial charge in [0.2, 0.25) is 0 Å². The van der Waals surface area contributed by atoms with Crippen LogP contribution in [0.15, 0.2) is 24.3 Å². The third kappa shape index (κ3) is 1.81. The van der Waals surface area contributed by atoms with Crippen LogP contribution in [0.1, 0.15) is 25.3 Å². The van der Waals surface area contributed by atoms with Gasteiger partial charge in [0.15, 0.2) is 0 Å². The highest BCUT2D eigenvalue weighted by Crippen LogP contribution is 2.36. The quantitative estimate of drug-likeness (QED) is 0.444. The number of ether oxygens (including phenoxy) is 2. The Hall–Kier alpha value is -1.77. The number of carbonyl (C=O) groups excluding carboxylic acids is 1. The number of benzene rings is 1. The molecule has 2 rings (SSSR count). The fourth-order valence-corrected chi connectivity index (χ4v) is 1.68. The highest BCUT2D eigenvalue weighted by molar-refractivity contribution is 6.21. The van der Waals surface area contributed by atoms with Crippen LogP contribution < -0.4 is 9.47 Å². The molecule has 16 heavy (non-hydrogen) atoms. The SMILES string of the molecule is CCC/C=C1/C(=O)Oc2cc(OC)ccc21. The molecule has 0 radical (unpaired) electrons. The molecule has 0 amide bonds. The first-order valence-electron chi connectivity index (χ1n) is 5.37. The number of esters is 1. The van der Waals surface area contributed by atoms with Gasteiger partial charge >= 0.3 is 5.97 Å². The molecule has 0 saturated heterocycles. The Balaban J connectivity index is 2.38. The lowest BCUT2D eigenvalue weighted by Crippen LogP contribution is -2.00. The lowest BCUT2D eigenvalue weighted by atomic mass is 10.1. The van der Waals surface area contributed by atoms with Gasteiger partial charge in [-0.05, 0) is 18.6 Å². The highest BCUT2D eigenvalue weighted by Gasteiger charge is 2.26. The summed E-state index contributed by atoms with van der Waals surface area (Å²) in [5, 5.41) is 0. The topological polar surface area (TPSA) is 35.5 Å². The summed E-state index contributed by atoms with van der Waals surface area (Å²) in [6.45, 7) is 2.08. The van der Waals surface area contributed by atoms with Gasteiger partial charge in [-0.3, -0.25) is 0 Å². The molecule has 1 aromatic rings. The van der Waals surface area contributed by atoms with Gasteiger partial charge in [-0.2, -0.15) is 0 Å². The summed E-state index contributed by atoms with van der Waals surface area (Å²) in [7, 11) is 1.59. The first-order chi connectivity index (χ1) is 7.76. The van der Waals surface area contributed by atoms with Crippen LogP contribution in [0.5, 0.6) is 11.5 Å². The average Bonchev–Trinajstić information content (AvgIpc) is 2.61. The van der Waals surface area contributed by atoms with Crippen LogP contribution in [-0.2, 0) is 4.79 Å². The summed E-state index contributed by atoms with van der Waals surface area (Å²) < 4.78 is 10.3. The van der Waals surface area contributed by atoms with E-state index in [4.69, 9.17) is 9.47 Å². The Bertz CT molecular complexity index is 446. The molecule has 1 heterocycles. The minimum Gasteiger partial charge on any atom is -0.497 e. The lowest BCUT2D eigenvalue weighted by Gasteiger charge is -2.01. The molecular weight excluding hydrogens is 204 g/mol. The molecule has 0 aromatic heterocycles. The molecule has 0 aliphatic carbocycles. The molecule has 0 N–H and O–H groups in total. The van der Waals surface area contributed by atoms with Gasteiger partial charge in [0.1, 0.15) is 11.5 Å². The fourth-order valence-electron chi connectivity index (χ4n) is 1.68. The van der Waals surface area contributed by atoms with Gasteiger partial charge in [0.05, 0.1) is 12.7 Å². The Morgan fingerprint density at radius 3 is 2.94 bits per heavy atom. The van der Waals surface area contributed by atoms with E-state index in [0.717, 1.165) is 18.4 Å². The summed E-state index contributed by atoms with van der Waals surface area (Å²) >= 11 is 0. The second kappa shape index (κ2) is 4.39. The highest BCUT2D eigenvalue weighted by atomic mass is 16.5. The van der Waals surface area contributed by atoms with E-state index < -0.39 is 0 Å². The number of hydrogen-bond donors (Lipinski definition) is 0. The average molecular weight is 218 g/mol. The predicted molar refractivity (Wildman–Crippen MR) is 61.5 cm³/mol. The number of fused-ring (bicyclic) bond motifs is 1. The maximum absolute atomic E-state index is 11.6. The van der Waals surface area contributed by atoms with E-state index in [9.17, 15) is 4.79 Å². The van der Waals surface area contributed by atoms with Gasteiger partial charge in [0, 0.05) is 11.6 Å². The van der Waals surface area contributed by atoms with Gasteiger partial charge < -0.3 is 9.47 Å². The van der Waals surface area contributed by atoms with Crippen molar-refractivity contribution in [3.63, 3.8) is 0 Å². The molecule has 1 aromatic carbocycles. The predicted octanol–water partition coefficient (Wildman–Crippen LogP) is 2.80. The molecule has 1 aliphatic heterocycles. The summed E-state index contributed by atoms with van der Waals surface area (Å²) in [6.07, 6.45) is 3.83. The standard InChI is InChI=1S/C13H14O3/c1-3-4-5-11-10-7-6-9(15-2)8-12(10)16-13(11)14/h5-8H,3-4H2,1-2H3/b11-5+. The molecule has 1 aliphatic rings. The van der Waals surface area contributed by atoms with Crippen molar-refractivity contribution < 1.29 is 14.3 Å². The Kier molecular flexibility index (Phi) is 2.95. The van der Waals surface area contributed by atoms with Crippen molar-refractivity contribution in [1.82, 2.24) is 0 Å². The van der Waals surface area contributed by atoms with E-state index in [2.05, 4.69) is 6.92 Å². The second-order valence-corrected chi connectivity index (χ2v) is 3.66. The van der Waals surface area contributed by atoms with Crippen molar-refractivity contribution in [1.29, 1.82) is 0 Å². The molecule has 0 atom stereocenters. The van der Waals surface area contributed by atoms with E-state index in [1.165, 1.54) is 0 Å². The summed E-state index contributed by atoms with van der Waals surface area (Å²) in [6, 6.07) is 5.43. The molecule has 3 heteroatoms. The van der Waals surface area contributed by atoms with Crippen LogP contribution in [0, 0.1) is 0 Å². The zero-order valence-electron chi connectivity index (χ0n) is 9.45. The molecular formula is C13H14O3. The summed E-state index contributed by atoms with van der Waals surface area (Å²) in [5.74, 6) is 1.02. The van der Waals surface area contributed by atoms with Crippen molar-refractivity contribution >= 4 is 11.5 Å². The third-order valence-electron chi connectivity index (χ3n) is 2.54. The van der Waals surface area contributed by atoms with Gasteiger partial charge in [-0.25, -0.2) is 4.79 Å². The number of hydrogen-bond acceptors (Lipinski definition) is 3. The van der Waals surface area contributed by atoms with Gasteiger partial charge in [-0.1, -0.05) is 19.4 Å². The fraction of sp³-hybridized carbons (Fsp3) is 0.308. The zero-order valence-corrected chi connectivity index (χ0v) is 9.45. The number of methoxy groups -OCH3 is 1. The minimum atomic E-state index is -0.267. The van der Waals surface area contributed by atoms with E-state index >= 15 is 0 Å². The van der Waals surface area contributed by atoms with E-state index in [1.807, 2.05) is 18.2 Å². The Morgan fingerprint density at radius 1 is 1.44 bits per heavy atom. The minimum absolute atomic E-state index is 0.267. The molecule has 3 nitrogen and oxygen atoms in total. The van der Waals surface area contributed by atoms with Gasteiger partial charge in [0.25, 0.3) is 0 Å². The largest absolute Gasteiger partial charge is 0.497 e. The number of rotatable bonds is 3. The van der Waals surface area contributed by atoms with Crippen molar-refractivity contribution in [3.8, 4) is 11.5 Å². The zero-order chi connectivity index (χ0) is 11.5. The van der Waals surface area contributed by atoms with Crippen LogP contribution in [-0.4, -0.2) is 13.1 Å². The van der Waals surface area contributed by atoms with Crippen molar-refractivity contribution in [2.24, 2.45) is 0 Å². The molecule has 0 bridgehead atoms.